The first-order chi connectivity index (χ1) is 8.46. The molecule has 2 heterocycles. The van der Waals surface area contributed by atoms with Crippen LogP contribution in [0.15, 0.2) is 18.3 Å². The van der Waals surface area contributed by atoms with Crippen LogP contribution in [0.2, 0.25) is 0 Å². The Labute approximate surface area is 104 Å². The first-order valence-electron chi connectivity index (χ1n) is 5.56. The van der Waals surface area contributed by atoms with Crippen molar-refractivity contribution in [3.63, 3.8) is 0 Å². The Hall–Kier alpha value is -1.50. The Morgan fingerprint density at radius 2 is 2.28 bits per heavy atom. The number of rotatable bonds is 3. The van der Waals surface area contributed by atoms with Crippen LogP contribution in [0.5, 0.6) is 0 Å². The SMILES string of the molecule is O=C(NCC1CCS(=O)(=O)C1)c1ccc(F)nc1. The zero-order chi connectivity index (χ0) is 13.2. The number of halogens is 1. The van der Waals surface area contributed by atoms with Gasteiger partial charge in [0, 0.05) is 12.7 Å². The molecule has 1 aliphatic rings. The van der Waals surface area contributed by atoms with Crippen molar-refractivity contribution in [3.05, 3.63) is 29.8 Å². The summed E-state index contributed by atoms with van der Waals surface area (Å²) in [6.07, 6.45) is 1.72. The molecule has 0 bridgehead atoms. The molecule has 1 aromatic heterocycles. The number of carbonyl (C=O) groups excluding carboxylic acids is 1. The van der Waals surface area contributed by atoms with Crippen LogP contribution >= 0.6 is 0 Å². The van der Waals surface area contributed by atoms with Gasteiger partial charge in [-0.15, -0.1) is 0 Å². The minimum atomic E-state index is -2.93. The fraction of sp³-hybridized carbons (Fsp3) is 0.455. The smallest absolute Gasteiger partial charge is 0.252 e. The lowest BCUT2D eigenvalue weighted by atomic mass is 10.1. The number of sulfone groups is 1. The van der Waals surface area contributed by atoms with Crippen molar-refractivity contribution in [2.45, 2.75) is 6.42 Å². The minimum absolute atomic E-state index is 0.0349. The van der Waals surface area contributed by atoms with Gasteiger partial charge in [0.1, 0.15) is 0 Å². The largest absolute Gasteiger partial charge is 0.352 e. The van der Waals surface area contributed by atoms with Crippen LogP contribution in [-0.2, 0) is 9.84 Å². The summed E-state index contributed by atoms with van der Waals surface area (Å²) in [4.78, 5) is 15.0. The van der Waals surface area contributed by atoms with E-state index in [4.69, 9.17) is 0 Å². The van der Waals surface area contributed by atoms with Gasteiger partial charge >= 0.3 is 0 Å². The number of hydrogen-bond acceptors (Lipinski definition) is 4. The molecule has 1 atom stereocenters. The van der Waals surface area contributed by atoms with Crippen molar-refractivity contribution in [3.8, 4) is 0 Å². The second-order valence-corrected chi connectivity index (χ2v) is 6.58. The maximum absolute atomic E-state index is 12.6. The molecule has 2 rings (SSSR count). The summed E-state index contributed by atoms with van der Waals surface area (Å²) < 4.78 is 35.0. The van der Waals surface area contributed by atoms with E-state index in [2.05, 4.69) is 10.3 Å². The van der Waals surface area contributed by atoms with Crippen LogP contribution in [0.25, 0.3) is 0 Å². The van der Waals surface area contributed by atoms with E-state index in [1.807, 2.05) is 0 Å². The molecular weight excluding hydrogens is 259 g/mol. The average Bonchev–Trinajstić information content (AvgIpc) is 2.67. The molecule has 5 nitrogen and oxygen atoms in total. The normalized spacial score (nSPS) is 21.7. The molecule has 1 N–H and O–H groups in total. The molecule has 1 amide bonds. The van der Waals surface area contributed by atoms with E-state index in [9.17, 15) is 17.6 Å². The van der Waals surface area contributed by atoms with Crippen molar-refractivity contribution < 1.29 is 17.6 Å². The molecule has 0 aromatic carbocycles. The van der Waals surface area contributed by atoms with E-state index in [0.717, 1.165) is 12.3 Å². The maximum Gasteiger partial charge on any atom is 0.252 e. The molecule has 1 fully saturated rings. The highest BCUT2D eigenvalue weighted by atomic mass is 32.2. The predicted molar refractivity (Wildman–Crippen MR) is 63.3 cm³/mol. The predicted octanol–water partition coefficient (Wildman–Crippen LogP) is 0.385. The van der Waals surface area contributed by atoms with Gasteiger partial charge in [-0.2, -0.15) is 4.39 Å². The van der Waals surface area contributed by atoms with Crippen LogP contribution in [0, 0.1) is 11.9 Å². The van der Waals surface area contributed by atoms with Gasteiger partial charge in [0.2, 0.25) is 5.95 Å². The number of nitrogens with one attached hydrogen (secondary N) is 1. The summed E-state index contributed by atoms with van der Waals surface area (Å²) >= 11 is 0. The third-order valence-corrected chi connectivity index (χ3v) is 4.70. The molecular formula is C11H13FN2O3S. The lowest BCUT2D eigenvalue weighted by Gasteiger charge is -2.09. The second-order valence-electron chi connectivity index (χ2n) is 4.35. The quantitative estimate of drug-likeness (QED) is 0.807. The molecule has 0 spiro atoms. The summed E-state index contributed by atoms with van der Waals surface area (Å²) in [5.41, 5.74) is 0.261. The number of carbonyl (C=O) groups is 1. The second kappa shape index (κ2) is 5.01. The van der Waals surface area contributed by atoms with Crippen LogP contribution in [0.3, 0.4) is 0 Å². The van der Waals surface area contributed by atoms with Gasteiger partial charge in [0.15, 0.2) is 9.84 Å². The van der Waals surface area contributed by atoms with Crippen molar-refractivity contribution in [1.82, 2.24) is 10.3 Å². The number of pyridine rings is 1. The monoisotopic (exact) mass is 272 g/mol. The highest BCUT2D eigenvalue weighted by Crippen LogP contribution is 2.17. The van der Waals surface area contributed by atoms with E-state index in [-0.39, 0.29) is 28.9 Å². The number of nitrogens with zero attached hydrogens (tertiary/aromatic N) is 1. The van der Waals surface area contributed by atoms with E-state index in [0.29, 0.717) is 13.0 Å². The van der Waals surface area contributed by atoms with E-state index in [1.165, 1.54) is 6.07 Å². The van der Waals surface area contributed by atoms with Gasteiger partial charge in [-0.05, 0) is 24.5 Å². The van der Waals surface area contributed by atoms with Crippen molar-refractivity contribution >= 4 is 15.7 Å². The fourth-order valence-electron chi connectivity index (χ4n) is 1.88. The van der Waals surface area contributed by atoms with E-state index in [1.54, 1.807) is 0 Å². The van der Waals surface area contributed by atoms with Crippen LogP contribution < -0.4 is 5.32 Å². The van der Waals surface area contributed by atoms with E-state index < -0.39 is 15.8 Å². The Morgan fingerprint density at radius 3 is 2.83 bits per heavy atom. The van der Waals surface area contributed by atoms with Gasteiger partial charge < -0.3 is 5.32 Å². The highest BCUT2D eigenvalue weighted by molar-refractivity contribution is 7.91. The topological polar surface area (TPSA) is 76.1 Å². The van der Waals surface area contributed by atoms with Gasteiger partial charge in [0.05, 0.1) is 17.1 Å². The van der Waals surface area contributed by atoms with Crippen LogP contribution in [-0.4, -0.2) is 37.4 Å². The van der Waals surface area contributed by atoms with Crippen molar-refractivity contribution in [2.75, 3.05) is 18.1 Å². The summed E-state index contributed by atoms with van der Waals surface area (Å²) in [5.74, 6) is -0.742. The van der Waals surface area contributed by atoms with Crippen LogP contribution in [0.4, 0.5) is 4.39 Å². The minimum Gasteiger partial charge on any atom is -0.352 e. The summed E-state index contributed by atoms with van der Waals surface area (Å²) in [5, 5.41) is 2.63. The molecule has 1 saturated heterocycles. The van der Waals surface area contributed by atoms with Gasteiger partial charge in [-0.25, -0.2) is 13.4 Å². The Balaban J connectivity index is 1.87. The number of hydrogen-bond donors (Lipinski definition) is 1. The number of aromatic nitrogens is 1. The van der Waals surface area contributed by atoms with Gasteiger partial charge in [-0.3, -0.25) is 4.79 Å². The Morgan fingerprint density at radius 1 is 1.50 bits per heavy atom. The van der Waals surface area contributed by atoms with Crippen molar-refractivity contribution in [2.24, 2.45) is 5.92 Å². The first kappa shape index (κ1) is 12.9. The zero-order valence-electron chi connectivity index (χ0n) is 9.60. The molecule has 7 heteroatoms. The number of amides is 1. The molecule has 0 aliphatic carbocycles. The lowest BCUT2D eigenvalue weighted by Crippen LogP contribution is -2.29. The fourth-order valence-corrected chi connectivity index (χ4v) is 3.74. The summed E-state index contributed by atoms with van der Waals surface area (Å²) in [6.45, 7) is 0.315. The Kier molecular flexibility index (Phi) is 3.60. The highest BCUT2D eigenvalue weighted by Gasteiger charge is 2.27. The van der Waals surface area contributed by atoms with Gasteiger partial charge in [0.25, 0.3) is 5.91 Å². The molecule has 0 radical (unpaired) electrons. The third-order valence-electron chi connectivity index (χ3n) is 2.87. The Bertz CT molecular complexity index is 542. The average molecular weight is 272 g/mol. The molecule has 18 heavy (non-hydrogen) atoms. The molecule has 1 aromatic rings. The molecule has 98 valence electrons. The van der Waals surface area contributed by atoms with Crippen molar-refractivity contribution in [1.29, 1.82) is 0 Å². The summed E-state index contributed by atoms with van der Waals surface area (Å²) in [7, 11) is -2.93. The first-order valence-corrected chi connectivity index (χ1v) is 7.38. The lowest BCUT2D eigenvalue weighted by molar-refractivity contribution is 0.0948. The zero-order valence-corrected chi connectivity index (χ0v) is 10.4. The maximum atomic E-state index is 12.6. The van der Waals surface area contributed by atoms with Crippen LogP contribution in [0.1, 0.15) is 16.8 Å². The van der Waals surface area contributed by atoms with Gasteiger partial charge in [-0.1, -0.05) is 0 Å². The molecule has 0 saturated carbocycles. The summed E-state index contributed by atoms with van der Waals surface area (Å²) in [6, 6.07) is 2.44. The molecule has 1 aliphatic heterocycles. The third kappa shape index (κ3) is 3.25. The standard InChI is InChI=1S/C11H13FN2O3S/c12-10-2-1-9(6-13-10)11(15)14-5-8-3-4-18(16,17)7-8/h1-2,6,8H,3-5,7H2,(H,14,15). The van der Waals surface area contributed by atoms with E-state index >= 15 is 0 Å². The molecule has 1 unspecified atom stereocenters.